The average Bonchev–Trinajstić information content (AvgIpc) is 3.18. The van der Waals surface area contributed by atoms with Crippen molar-refractivity contribution in [2.75, 3.05) is 6.54 Å². The van der Waals surface area contributed by atoms with Crippen LogP contribution in [0.3, 0.4) is 0 Å². The van der Waals surface area contributed by atoms with Crippen molar-refractivity contribution in [1.82, 2.24) is 4.68 Å². The summed E-state index contributed by atoms with van der Waals surface area (Å²) in [6.07, 6.45) is 1.84. The summed E-state index contributed by atoms with van der Waals surface area (Å²) in [7, 11) is 0. The van der Waals surface area contributed by atoms with Crippen molar-refractivity contribution in [1.29, 1.82) is 0 Å². The van der Waals surface area contributed by atoms with Gasteiger partial charge in [0, 0.05) is 22.4 Å². The normalized spacial score (nSPS) is 12.4. The lowest BCUT2D eigenvalue weighted by molar-refractivity contribution is 0.833. The Kier molecular flexibility index (Phi) is 5.33. The summed E-state index contributed by atoms with van der Waals surface area (Å²) in [6, 6.07) is 9.60. The average molecular weight is 382 g/mol. The molecule has 0 radical (unpaired) electrons. The van der Waals surface area contributed by atoms with E-state index in [4.69, 9.17) is 23.2 Å². The van der Waals surface area contributed by atoms with Gasteiger partial charge in [0.15, 0.2) is 0 Å². The van der Waals surface area contributed by atoms with Crippen molar-refractivity contribution < 1.29 is 0 Å². The highest BCUT2D eigenvalue weighted by Crippen LogP contribution is 2.28. The Morgan fingerprint density at radius 3 is 2.74 bits per heavy atom. The highest BCUT2D eigenvalue weighted by atomic mass is 35.5. The molecule has 0 atom stereocenters. The maximum absolute atomic E-state index is 6.14. The lowest BCUT2D eigenvalue weighted by Crippen LogP contribution is -2.12. The van der Waals surface area contributed by atoms with Gasteiger partial charge >= 0.3 is 0 Å². The third-order valence-electron chi connectivity index (χ3n) is 3.04. The molecule has 3 rings (SSSR count). The zero-order chi connectivity index (χ0) is 16.2. The van der Waals surface area contributed by atoms with Crippen LogP contribution < -0.4 is 4.80 Å². The van der Waals surface area contributed by atoms with Crippen molar-refractivity contribution in [2.45, 2.75) is 6.92 Å². The fourth-order valence-electron chi connectivity index (χ4n) is 1.99. The van der Waals surface area contributed by atoms with Gasteiger partial charge in [-0.15, -0.1) is 22.7 Å². The molecule has 23 heavy (non-hydrogen) atoms. The summed E-state index contributed by atoms with van der Waals surface area (Å²) in [6.45, 7) is 2.71. The predicted octanol–water partition coefficient (Wildman–Crippen LogP) is 5.39. The second kappa shape index (κ2) is 7.45. The van der Waals surface area contributed by atoms with E-state index in [2.05, 4.69) is 10.1 Å². The van der Waals surface area contributed by atoms with Crippen LogP contribution in [0.1, 0.15) is 11.8 Å². The zero-order valence-corrected chi connectivity index (χ0v) is 15.4. The van der Waals surface area contributed by atoms with E-state index in [1.54, 1.807) is 28.7 Å². The Morgan fingerprint density at radius 1 is 1.17 bits per heavy atom. The second-order valence-electron chi connectivity index (χ2n) is 4.58. The summed E-state index contributed by atoms with van der Waals surface area (Å²) in [5.41, 5.74) is 1.89. The summed E-state index contributed by atoms with van der Waals surface area (Å²) < 4.78 is 1.84. The molecule has 0 aliphatic heterocycles. The van der Waals surface area contributed by atoms with Crippen LogP contribution in [0.4, 0.5) is 0 Å². The van der Waals surface area contributed by atoms with Gasteiger partial charge in [-0.3, -0.25) is 4.99 Å². The summed E-state index contributed by atoms with van der Waals surface area (Å²) in [5, 5.41) is 9.72. The van der Waals surface area contributed by atoms with Crippen LogP contribution in [0.15, 0.2) is 51.2 Å². The summed E-state index contributed by atoms with van der Waals surface area (Å²) in [4.78, 5) is 6.44. The standard InChI is InChI=1S/C16H13Cl2N3S2/c1-2-19-16-21(20-9-12-4-3-7-22-12)15(10-23-16)11-5-6-13(17)14(18)8-11/h3-10H,2H2,1H3. The molecule has 2 aromatic heterocycles. The Bertz CT molecular complexity index is 892. The first-order chi connectivity index (χ1) is 11.2. The highest BCUT2D eigenvalue weighted by molar-refractivity contribution is 7.11. The lowest BCUT2D eigenvalue weighted by Gasteiger charge is -2.04. The molecular formula is C16H13Cl2N3S2. The van der Waals surface area contributed by atoms with Gasteiger partial charge in [0.1, 0.15) is 0 Å². The predicted molar refractivity (Wildman–Crippen MR) is 101 cm³/mol. The molecule has 3 aromatic rings. The molecule has 0 amide bonds. The van der Waals surface area contributed by atoms with E-state index in [9.17, 15) is 0 Å². The number of thiazole rings is 1. The fraction of sp³-hybridized carbons (Fsp3) is 0.125. The minimum absolute atomic E-state index is 0.526. The van der Waals surface area contributed by atoms with Crippen molar-refractivity contribution >= 4 is 52.1 Å². The SMILES string of the molecule is CCN=c1scc(-c2ccc(Cl)c(Cl)c2)n1N=Cc1cccs1. The van der Waals surface area contributed by atoms with E-state index in [-0.39, 0.29) is 0 Å². The van der Waals surface area contributed by atoms with E-state index in [1.807, 2.05) is 52.8 Å². The molecular weight excluding hydrogens is 369 g/mol. The van der Waals surface area contributed by atoms with Crippen molar-refractivity contribution in [3.05, 3.63) is 60.8 Å². The Hall–Kier alpha value is -1.40. The second-order valence-corrected chi connectivity index (χ2v) is 7.21. The van der Waals surface area contributed by atoms with Gasteiger partial charge in [-0.2, -0.15) is 5.10 Å². The molecule has 0 aliphatic rings. The molecule has 0 aliphatic carbocycles. The maximum atomic E-state index is 6.14. The molecule has 0 saturated heterocycles. The van der Waals surface area contributed by atoms with E-state index in [0.29, 0.717) is 16.6 Å². The molecule has 0 N–H and O–H groups in total. The van der Waals surface area contributed by atoms with Gasteiger partial charge in [-0.1, -0.05) is 35.3 Å². The van der Waals surface area contributed by atoms with Crippen molar-refractivity contribution in [3.63, 3.8) is 0 Å². The number of thiophene rings is 1. The molecule has 7 heteroatoms. The van der Waals surface area contributed by atoms with Crippen LogP contribution in [-0.2, 0) is 0 Å². The summed E-state index contributed by atoms with van der Waals surface area (Å²) in [5.74, 6) is 0. The van der Waals surface area contributed by atoms with Crippen LogP contribution >= 0.6 is 45.9 Å². The Balaban J connectivity index is 2.10. The first-order valence-electron chi connectivity index (χ1n) is 6.93. The molecule has 0 bridgehead atoms. The minimum atomic E-state index is 0.526. The van der Waals surface area contributed by atoms with Crippen LogP contribution in [0.5, 0.6) is 0 Å². The summed E-state index contributed by atoms with van der Waals surface area (Å²) >= 11 is 15.3. The number of halogens is 2. The fourth-order valence-corrected chi connectivity index (χ4v) is 3.77. The minimum Gasteiger partial charge on any atom is -0.258 e. The zero-order valence-electron chi connectivity index (χ0n) is 12.2. The smallest absolute Gasteiger partial charge is 0.206 e. The number of nitrogens with zero attached hydrogens (tertiary/aromatic N) is 3. The molecule has 2 heterocycles. The molecule has 1 aromatic carbocycles. The van der Waals surface area contributed by atoms with Gasteiger partial charge in [0.2, 0.25) is 4.80 Å². The number of rotatable bonds is 4. The first kappa shape index (κ1) is 16.5. The molecule has 0 fully saturated rings. The topological polar surface area (TPSA) is 29.6 Å². The lowest BCUT2D eigenvalue weighted by atomic mass is 10.2. The molecule has 0 unspecified atom stereocenters. The monoisotopic (exact) mass is 381 g/mol. The largest absolute Gasteiger partial charge is 0.258 e. The maximum Gasteiger partial charge on any atom is 0.206 e. The quantitative estimate of drug-likeness (QED) is 0.542. The van der Waals surface area contributed by atoms with Gasteiger partial charge in [0.05, 0.1) is 22.0 Å². The van der Waals surface area contributed by atoms with E-state index >= 15 is 0 Å². The molecule has 0 spiro atoms. The number of hydrogen-bond donors (Lipinski definition) is 0. The number of benzene rings is 1. The van der Waals surface area contributed by atoms with E-state index < -0.39 is 0 Å². The number of aromatic nitrogens is 1. The van der Waals surface area contributed by atoms with Gasteiger partial charge in [-0.25, -0.2) is 4.68 Å². The van der Waals surface area contributed by atoms with Crippen LogP contribution in [-0.4, -0.2) is 17.4 Å². The molecule has 3 nitrogen and oxygen atoms in total. The highest BCUT2D eigenvalue weighted by Gasteiger charge is 2.09. The van der Waals surface area contributed by atoms with E-state index in [0.717, 1.165) is 20.9 Å². The number of hydrogen-bond acceptors (Lipinski definition) is 4. The third-order valence-corrected chi connectivity index (χ3v) is 5.44. The Morgan fingerprint density at radius 2 is 2.04 bits per heavy atom. The van der Waals surface area contributed by atoms with Crippen LogP contribution in [0.25, 0.3) is 11.3 Å². The molecule has 118 valence electrons. The van der Waals surface area contributed by atoms with Crippen LogP contribution in [0.2, 0.25) is 10.0 Å². The van der Waals surface area contributed by atoms with Crippen molar-refractivity contribution in [3.8, 4) is 11.3 Å². The van der Waals surface area contributed by atoms with E-state index in [1.165, 1.54) is 0 Å². The van der Waals surface area contributed by atoms with Gasteiger partial charge in [0.25, 0.3) is 0 Å². The van der Waals surface area contributed by atoms with Gasteiger partial charge in [-0.05, 0) is 30.5 Å². The van der Waals surface area contributed by atoms with Crippen molar-refractivity contribution in [2.24, 2.45) is 10.1 Å². The first-order valence-corrected chi connectivity index (χ1v) is 9.45. The Labute approximate surface area is 152 Å². The van der Waals surface area contributed by atoms with Crippen LogP contribution in [0, 0.1) is 0 Å². The molecule has 0 saturated carbocycles. The third kappa shape index (κ3) is 3.75. The van der Waals surface area contributed by atoms with Gasteiger partial charge < -0.3 is 0 Å².